The third-order valence-corrected chi connectivity index (χ3v) is 17.5. The van der Waals surface area contributed by atoms with Gasteiger partial charge in [-0.15, -0.1) is 4.31 Å². The summed E-state index contributed by atoms with van der Waals surface area (Å²) in [4.78, 5) is 67.2. The second kappa shape index (κ2) is 13.9. The molecular formula is C18H23O19P6S+. The Balaban J connectivity index is 1.93. The van der Waals surface area contributed by atoms with Crippen LogP contribution < -0.4 is 0 Å². The molecule has 0 aromatic heterocycles. The molecule has 0 aliphatic rings. The molecule has 44 heavy (non-hydrogen) atoms. The van der Waals surface area contributed by atoms with Crippen LogP contribution in [0.4, 0.5) is 0 Å². The Morgan fingerprint density at radius 3 is 1.00 bits per heavy atom. The average Bonchev–Trinajstić information content (AvgIpc) is 2.84. The van der Waals surface area contributed by atoms with Gasteiger partial charge in [-0.05, 0) is 36.4 Å². The monoisotopic (exact) mass is 761 g/mol. The van der Waals surface area contributed by atoms with Gasteiger partial charge in [-0.3, -0.25) is 8.86 Å². The molecule has 0 saturated heterocycles. The standard InChI is InChI=1S/C18H22O19P6S/c19-38(20,21)32-39(22,23)33-40(24,25)34-41(26,27)35-42(28,29)36-43(30,31)37-44(16-10-4-1-5-11-16,17-12-6-2-7-13-17)18-14-8-3-9-15-18/h1-15H,(H,22,23)(H,24,25)(H,26,27)(H,28,29)(H,30,31)(H2,19,20,21)/p+1. The second-order valence-corrected chi connectivity index (χ2v) is 20.1. The maximum atomic E-state index is 13.3. The predicted molar refractivity (Wildman–Crippen MR) is 151 cm³/mol. The maximum absolute atomic E-state index is 13.3. The fraction of sp³-hybridized carbons (Fsp3) is 0. The molecule has 3 aromatic carbocycles. The zero-order chi connectivity index (χ0) is 33.1. The average molecular weight is 761 g/mol. The lowest BCUT2D eigenvalue weighted by Gasteiger charge is -2.36. The molecule has 0 fully saturated rings. The normalized spacial score (nSPS) is 19.8. The zero-order valence-electron chi connectivity index (χ0n) is 21.3. The van der Waals surface area contributed by atoms with Gasteiger partial charge in [0.1, 0.15) is 0 Å². The van der Waals surface area contributed by atoms with Gasteiger partial charge in [-0.25, -0.2) is 22.8 Å². The molecule has 0 amide bonds. The van der Waals surface area contributed by atoms with Crippen LogP contribution in [0.1, 0.15) is 0 Å². The lowest BCUT2D eigenvalue weighted by molar-refractivity contribution is 0.177. The van der Waals surface area contributed by atoms with Crippen molar-refractivity contribution in [1.82, 2.24) is 0 Å². The van der Waals surface area contributed by atoms with E-state index in [9.17, 15) is 47.0 Å². The molecule has 3 aromatic rings. The van der Waals surface area contributed by atoms with E-state index in [0.717, 1.165) is 0 Å². The van der Waals surface area contributed by atoms with E-state index in [0.29, 0.717) is 14.7 Å². The summed E-state index contributed by atoms with van der Waals surface area (Å²) in [6.07, 6.45) is 0. The summed E-state index contributed by atoms with van der Waals surface area (Å²) in [5.74, 6) is 0. The van der Waals surface area contributed by atoms with Gasteiger partial charge in [0, 0.05) is 0 Å². The summed E-state index contributed by atoms with van der Waals surface area (Å²) in [6, 6.07) is 23.8. The SMILES string of the molecule is O=P(O)(O)OP(=O)(O)OP(=O)(O)OP(=O)(O)OP(=O)(O)OP(=O)(O)[OH+]S(c1ccccc1)(c1ccccc1)c1ccccc1. The molecule has 3 rings (SSSR count). The number of hydrogen-bond donors (Lipinski definition) is 7. The minimum atomic E-state index is -6.41. The minimum Gasteiger partial charge on any atom is -0.302 e. The molecule has 5 atom stereocenters. The molecule has 0 heterocycles. The van der Waals surface area contributed by atoms with Gasteiger partial charge in [0.2, 0.25) is 0 Å². The van der Waals surface area contributed by atoms with E-state index < -0.39 is 57.2 Å². The molecule has 19 nitrogen and oxygen atoms in total. The first-order valence-corrected chi connectivity index (χ1v) is 21.7. The van der Waals surface area contributed by atoms with Gasteiger partial charge in [-0.2, -0.15) is 21.8 Å². The third-order valence-electron chi connectivity index (χ3n) is 4.52. The van der Waals surface area contributed by atoms with Gasteiger partial charge in [-0.1, -0.05) is 54.6 Å². The summed E-state index contributed by atoms with van der Waals surface area (Å²) in [7, 11) is -40.0. The fourth-order valence-corrected chi connectivity index (χ4v) is 15.3. The number of benzene rings is 3. The predicted octanol–water partition coefficient (Wildman–Crippen LogP) is 5.09. The minimum absolute atomic E-state index is 0.337. The van der Waals surface area contributed by atoms with Crippen molar-refractivity contribution in [2.75, 3.05) is 0 Å². The van der Waals surface area contributed by atoms with Crippen molar-refractivity contribution in [3.63, 3.8) is 0 Å². The Morgan fingerprint density at radius 2 is 0.705 bits per heavy atom. The van der Waals surface area contributed by atoms with E-state index in [1.807, 2.05) is 0 Å². The van der Waals surface area contributed by atoms with Crippen molar-refractivity contribution in [1.29, 1.82) is 0 Å². The Morgan fingerprint density at radius 1 is 0.432 bits per heavy atom. The maximum Gasteiger partial charge on any atom is 0.654 e. The van der Waals surface area contributed by atoms with Gasteiger partial charge in [0.15, 0.2) is 0 Å². The molecule has 0 spiro atoms. The molecule has 0 bridgehead atoms. The largest absolute Gasteiger partial charge is 0.654 e. The number of hydrogen-bond acceptors (Lipinski definition) is 11. The van der Waals surface area contributed by atoms with Crippen LogP contribution in [0, 0.1) is 0 Å². The van der Waals surface area contributed by atoms with Crippen molar-refractivity contribution in [2.24, 2.45) is 0 Å². The first-order valence-electron chi connectivity index (χ1n) is 11.0. The van der Waals surface area contributed by atoms with Crippen LogP contribution in [0.25, 0.3) is 0 Å². The highest BCUT2D eigenvalue weighted by atomic mass is 32.3. The van der Waals surface area contributed by atoms with E-state index in [-0.39, 0.29) is 0 Å². The Bertz CT molecular complexity index is 1640. The van der Waals surface area contributed by atoms with Crippen LogP contribution in [0.3, 0.4) is 0 Å². The summed E-state index contributed by atoms with van der Waals surface area (Å²) in [5, 5.41) is 0. The van der Waals surface area contributed by atoms with Crippen molar-refractivity contribution in [3.05, 3.63) is 91.0 Å². The number of phosphoric acid groups is 5. The van der Waals surface area contributed by atoms with Crippen LogP contribution in [0.5, 0.6) is 0 Å². The Kier molecular flexibility index (Phi) is 11.8. The van der Waals surface area contributed by atoms with E-state index in [1.165, 1.54) is 0 Å². The highest BCUT2D eigenvalue weighted by molar-refractivity contribution is 8.31. The van der Waals surface area contributed by atoms with Crippen molar-refractivity contribution >= 4 is 57.2 Å². The summed E-state index contributed by atoms with van der Waals surface area (Å²) < 4.78 is 94.3. The van der Waals surface area contributed by atoms with Crippen LogP contribution in [0.2, 0.25) is 0 Å². The Labute approximate surface area is 249 Å². The molecule has 5 unspecified atom stereocenters. The van der Waals surface area contributed by atoms with Crippen molar-refractivity contribution < 1.29 is 87.2 Å². The molecule has 244 valence electrons. The topological polar surface area (TPSA) is 303 Å². The van der Waals surface area contributed by atoms with Gasteiger partial charge in [0.05, 0.1) is 25.0 Å². The first-order chi connectivity index (χ1) is 20.1. The van der Waals surface area contributed by atoms with E-state index in [1.54, 1.807) is 91.0 Å². The smallest absolute Gasteiger partial charge is 0.302 e. The highest BCUT2D eigenvalue weighted by Crippen LogP contribution is 2.78. The van der Waals surface area contributed by atoms with Crippen molar-refractivity contribution in [2.45, 2.75) is 14.7 Å². The summed E-state index contributed by atoms with van der Waals surface area (Å²) >= 11 is 0. The highest BCUT2D eigenvalue weighted by Gasteiger charge is 2.54. The quantitative estimate of drug-likeness (QED) is 0.0783. The summed E-state index contributed by atoms with van der Waals surface area (Å²) in [6.45, 7) is 0. The van der Waals surface area contributed by atoms with Crippen molar-refractivity contribution in [3.8, 4) is 0 Å². The van der Waals surface area contributed by atoms with E-state index in [2.05, 4.69) is 25.5 Å². The first kappa shape index (κ1) is 37.3. The molecule has 0 aliphatic carbocycles. The van der Waals surface area contributed by atoms with E-state index >= 15 is 0 Å². The Hall–Kier alpha value is -1.13. The van der Waals surface area contributed by atoms with Gasteiger partial charge >= 0.3 is 46.9 Å². The van der Waals surface area contributed by atoms with E-state index in [4.69, 9.17) is 14.7 Å². The third kappa shape index (κ3) is 11.0. The lowest BCUT2D eigenvalue weighted by atomic mass is 10.4. The van der Waals surface area contributed by atoms with Crippen LogP contribution in [-0.4, -0.2) is 38.2 Å². The fourth-order valence-electron chi connectivity index (χ4n) is 3.29. The number of rotatable bonds is 15. The van der Waals surface area contributed by atoms with Crippen LogP contribution in [0.15, 0.2) is 106 Å². The molecule has 26 heteroatoms. The molecule has 0 aliphatic heterocycles. The van der Waals surface area contributed by atoms with Crippen LogP contribution >= 0.6 is 57.2 Å². The lowest BCUT2D eigenvalue weighted by Crippen LogP contribution is -2.11. The molecule has 8 N–H and O–H groups in total. The molecule has 0 radical (unpaired) electrons. The van der Waals surface area contributed by atoms with Crippen LogP contribution in [-0.2, 0) is 48.9 Å². The van der Waals surface area contributed by atoms with Gasteiger partial charge < -0.3 is 29.4 Å². The molecular weight excluding hydrogens is 738 g/mol. The van der Waals surface area contributed by atoms with Gasteiger partial charge in [0.25, 0.3) is 0 Å². The summed E-state index contributed by atoms with van der Waals surface area (Å²) in [5.41, 5.74) is 0. The second-order valence-electron chi connectivity index (χ2n) is 7.86. The zero-order valence-corrected chi connectivity index (χ0v) is 27.5. The molecule has 0 saturated carbocycles.